The zero-order valence-corrected chi connectivity index (χ0v) is 28.1. The quantitative estimate of drug-likeness (QED) is 0.0742. The molecule has 48 heavy (non-hydrogen) atoms. The number of carbonyl (C=O) groups is 2. The van der Waals surface area contributed by atoms with Crippen molar-refractivity contribution in [2.75, 3.05) is 58.3 Å². The van der Waals surface area contributed by atoms with E-state index < -0.39 is 0 Å². The Morgan fingerprint density at radius 1 is 1.02 bits per heavy atom. The van der Waals surface area contributed by atoms with Gasteiger partial charge in [-0.25, -0.2) is 9.18 Å². The molecule has 3 aliphatic heterocycles. The monoisotopic (exact) mass is 682 g/mol. The van der Waals surface area contributed by atoms with E-state index in [1.807, 2.05) is 34.6 Å². The summed E-state index contributed by atoms with van der Waals surface area (Å²) in [5.74, 6) is 2.71. The number of hydrogen-bond donors (Lipinski definition) is 5. The van der Waals surface area contributed by atoms with Gasteiger partial charge in [0, 0.05) is 40.6 Å². The number of anilines is 2. The molecular formula is C34H43FN6O6S. The molecule has 2 aromatic carbocycles. The van der Waals surface area contributed by atoms with E-state index in [0.29, 0.717) is 68.4 Å². The van der Waals surface area contributed by atoms with Gasteiger partial charge in [0.05, 0.1) is 65.0 Å². The standard InChI is InChI=1S/C34H43FN6O6S/c1-44-27-17-21-16-25-31(24(21)19-28(27)45-2)40-41(33(25)37-23-7-5-6-22(35)18-23)11-13-47-15-14-46-12-10-36-30(42)9-4-3-8-29-32-26(20-48-29)38-34(43)39-32/h5-7,16-19,26,29,32,37,40H,3-4,8-15,20H2,1-2H3,(H,36,42)(H2,38,39,43). The van der Waals surface area contributed by atoms with E-state index in [4.69, 9.17) is 18.9 Å². The van der Waals surface area contributed by atoms with Crippen LogP contribution in [0.2, 0.25) is 0 Å². The minimum Gasteiger partial charge on any atom is -0.493 e. The molecule has 3 amide bonds. The van der Waals surface area contributed by atoms with Crippen molar-refractivity contribution in [3.05, 3.63) is 48.3 Å². The maximum atomic E-state index is 14.0. The van der Waals surface area contributed by atoms with Gasteiger partial charge in [0.1, 0.15) is 11.6 Å². The van der Waals surface area contributed by atoms with Crippen LogP contribution in [0.4, 0.5) is 20.7 Å². The number of methoxy groups -OCH3 is 2. The van der Waals surface area contributed by atoms with Crippen LogP contribution in [0.25, 0.3) is 22.0 Å². The summed E-state index contributed by atoms with van der Waals surface area (Å²) in [6.07, 6.45) is 3.27. The number of halogens is 1. The molecule has 258 valence electrons. The Balaban J connectivity index is 0.914. The first-order valence-electron chi connectivity index (χ1n) is 16.3. The number of carbonyl (C=O) groups excluding carboxylic acids is 2. The summed E-state index contributed by atoms with van der Waals surface area (Å²) in [6.45, 7) is 2.61. The molecule has 5 N–H and O–H groups in total. The number of nitrogens with zero attached hydrogens (tertiary/aromatic N) is 1. The number of hydrogen-bond acceptors (Lipinski definition) is 8. The lowest BCUT2D eigenvalue weighted by molar-refractivity contribution is -0.121. The van der Waals surface area contributed by atoms with Crippen LogP contribution in [0.1, 0.15) is 25.7 Å². The summed E-state index contributed by atoms with van der Waals surface area (Å²) in [4.78, 5) is 23.7. The number of thioether (sulfide) groups is 1. The summed E-state index contributed by atoms with van der Waals surface area (Å²) in [7, 11) is 3.22. The van der Waals surface area contributed by atoms with Gasteiger partial charge in [-0.05, 0) is 54.6 Å². The Morgan fingerprint density at radius 2 is 1.83 bits per heavy atom. The number of amides is 3. The van der Waals surface area contributed by atoms with Crippen molar-refractivity contribution in [3.63, 3.8) is 0 Å². The molecule has 3 heterocycles. The first-order valence-corrected chi connectivity index (χ1v) is 17.4. The topological polar surface area (TPSA) is 140 Å². The van der Waals surface area contributed by atoms with Crippen LogP contribution < -0.4 is 30.7 Å². The smallest absolute Gasteiger partial charge is 0.315 e. The Kier molecular flexibility index (Phi) is 11.1. The van der Waals surface area contributed by atoms with Crippen molar-refractivity contribution in [1.29, 1.82) is 0 Å². The lowest BCUT2D eigenvalue weighted by atomic mass is 10.0. The van der Waals surface area contributed by atoms with Gasteiger partial charge < -0.3 is 40.2 Å². The second-order valence-electron chi connectivity index (χ2n) is 11.9. The fourth-order valence-corrected chi connectivity index (χ4v) is 7.90. The van der Waals surface area contributed by atoms with E-state index in [1.54, 1.807) is 20.3 Å². The van der Waals surface area contributed by atoms with Crippen molar-refractivity contribution < 1.29 is 32.9 Å². The Labute approximate surface area is 283 Å². The Morgan fingerprint density at radius 3 is 2.65 bits per heavy atom. The number of aromatic nitrogens is 2. The van der Waals surface area contributed by atoms with Gasteiger partial charge in [0.25, 0.3) is 0 Å². The molecule has 14 heteroatoms. The van der Waals surface area contributed by atoms with Crippen molar-refractivity contribution in [3.8, 4) is 22.8 Å². The second kappa shape index (κ2) is 15.8. The maximum Gasteiger partial charge on any atom is 0.315 e. The number of fused-ring (bicyclic) bond motifs is 4. The van der Waals surface area contributed by atoms with Gasteiger partial charge in [-0.3, -0.25) is 14.6 Å². The van der Waals surface area contributed by atoms with Crippen molar-refractivity contribution in [2.45, 2.75) is 49.6 Å². The fourth-order valence-electron chi connectivity index (χ4n) is 6.36. The third kappa shape index (κ3) is 7.93. The van der Waals surface area contributed by atoms with Crippen LogP contribution in [-0.4, -0.2) is 92.0 Å². The number of urea groups is 1. The van der Waals surface area contributed by atoms with Crippen LogP contribution in [0.5, 0.6) is 11.5 Å². The number of ether oxygens (including phenoxy) is 4. The fraction of sp³-hybridized carbons (Fsp3) is 0.471. The van der Waals surface area contributed by atoms with Gasteiger partial charge in [-0.2, -0.15) is 11.8 Å². The van der Waals surface area contributed by atoms with E-state index >= 15 is 0 Å². The number of benzene rings is 2. The molecule has 1 aliphatic carbocycles. The van der Waals surface area contributed by atoms with Crippen LogP contribution >= 0.6 is 11.8 Å². The summed E-state index contributed by atoms with van der Waals surface area (Å²) < 4.78 is 38.5. The number of aromatic amines is 1. The molecule has 0 radical (unpaired) electrons. The lowest BCUT2D eigenvalue weighted by Crippen LogP contribution is -2.36. The molecule has 2 fully saturated rings. The van der Waals surface area contributed by atoms with Crippen molar-refractivity contribution in [1.82, 2.24) is 25.7 Å². The molecule has 2 aromatic rings. The highest BCUT2D eigenvalue weighted by atomic mass is 32.2. The number of unbranched alkanes of at least 4 members (excludes halogenated alkanes) is 1. The van der Waals surface area contributed by atoms with Gasteiger partial charge >= 0.3 is 6.03 Å². The molecule has 0 aromatic heterocycles. The van der Waals surface area contributed by atoms with Crippen molar-refractivity contribution in [2.24, 2.45) is 0 Å². The van der Waals surface area contributed by atoms with Gasteiger partial charge in [-0.15, -0.1) is 0 Å². The van der Waals surface area contributed by atoms with Gasteiger partial charge in [0.2, 0.25) is 5.91 Å². The largest absolute Gasteiger partial charge is 0.493 e. The number of nitrogens with one attached hydrogen (secondary N) is 5. The van der Waals surface area contributed by atoms with Gasteiger partial charge in [0.15, 0.2) is 11.5 Å². The highest BCUT2D eigenvalue weighted by Crippen LogP contribution is 2.44. The minimum atomic E-state index is -0.324. The number of H-pyrrole nitrogens is 1. The zero-order valence-electron chi connectivity index (χ0n) is 27.2. The molecule has 0 bridgehead atoms. The average Bonchev–Trinajstić information content (AvgIpc) is 3.82. The Bertz CT molecular complexity index is 1680. The van der Waals surface area contributed by atoms with E-state index in [0.717, 1.165) is 52.9 Å². The zero-order chi connectivity index (χ0) is 33.5. The average molecular weight is 683 g/mol. The lowest BCUT2D eigenvalue weighted by Gasteiger charge is -2.16. The summed E-state index contributed by atoms with van der Waals surface area (Å²) in [5, 5.41) is 18.1. The first-order chi connectivity index (χ1) is 23.4. The van der Waals surface area contributed by atoms with E-state index in [1.165, 1.54) is 12.1 Å². The highest BCUT2D eigenvalue weighted by Gasteiger charge is 2.42. The molecule has 0 spiro atoms. The molecule has 0 saturated carbocycles. The second-order valence-corrected chi connectivity index (χ2v) is 13.2. The first kappa shape index (κ1) is 33.7. The normalized spacial score (nSPS) is 18.6. The van der Waals surface area contributed by atoms with Crippen molar-refractivity contribution >= 4 is 46.0 Å². The molecule has 4 aliphatic rings. The molecule has 3 atom stereocenters. The molecule has 12 nitrogen and oxygen atoms in total. The molecule has 6 rings (SSSR count). The third-order valence-electron chi connectivity index (χ3n) is 8.73. The maximum absolute atomic E-state index is 14.0. The van der Waals surface area contributed by atoms with Crippen LogP contribution in [0, 0.1) is 5.82 Å². The Hall–Kier alpha value is -4.14. The predicted molar refractivity (Wildman–Crippen MR) is 184 cm³/mol. The molecule has 2 saturated heterocycles. The van der Waals surface area contributed by atoms with Crippen LogP contribution in [-0.2, 0) is 20.8 Å². The minimum absolute atomic E-state index is 0.0256. The van der Waals surface area contributed by atoms with Crippen LogP contribution in [0.15, 0.2) is 42.5 Å². The SMILES string of the molecule is COc1cc2cc3c(Nc4cccc(F)c4)n(CCOCCOCCNC(=O)CCCCC4SCC5NC(=O)NC54)[nH]c-3c2cc1OC. The van der Waals surface area contributed by atoms with E-state index in [9.17, 15) is 14.0 Å². The van der Waals surface area contributed by atoms with Crippen LogP contribution in [0.3, 0.4) is 0 Å². The van der Waals surface area contributed by atoms with E-state index in [-0.39, 0.29) is 29.8 Å². The summed E-state index contributed by atoms with van der Waals surface area (Å²) in [5.41, 5.74) is 2.49. The highest BCUT2D eigenvalue weighted by molar-refractivity contribution is 8.00. The summed E-state index contributed by atoms with van der Waals surface area (Å²) in [6, 6.07) is 12.7. The number of rotatable bonds is 18. The summed E-state index contributed by atoms with van der Waals surface area (Å²) >= 11 is 1.90. The molecular weight excluding hydrogens is 639 g/mol. The van der Waals surface area contributed by atoms with Gasteiger partial charge in [-0.1, -0.05) is 12.5 Å². The van der Waals surface area contributed by atoms with E-state index in [2.05, 4.69) is 32.4 Å². The molecule has 3 unspecified atom stereocenters. The predicted octanol–water partition coefficient (Wildman–Crippen LogP) is 4.85. The third-order valence-corrected chi connectivity index (χ3v) is 10.2.